The van der Waals surface area contributed by atoms with E-state index in [-0.39, 0.29) is 24.5 Å². The number of aromatic nitrogens is 1. The second kappa shape index (κ2) is 9.76. The van der Waals surface area contributed by atoms with Gasteiger partial charge >= 0.3 is 12.0 Å². The normalized spacial score (nSPS) is 21.1. The molecule has 0 saturated heterocycles. The summed E-state index contributed by atoms with van der Waals surface area (Å²) in [6.45, 7) is 4.99. The van der Waals surface area contributed by atoms with Gasteiger partial charge in [0.25, 0.3) is 0 Å². The van der Waals surface area contributed by atoms with Crippen molar-refractivity contribution in [3.63, 3.8) is 0 Å². The Labute approximate surface area is 206 Å². The number of rotatable bonds is 5. The molecule has 2 aromatic rings. The van der Waals surface area contributed by atoms with Crippen LogP contribution < -0.4 is 5.32 Å². The molecule has 2 amide bonds. The van der Waals surface area contributed by atoms with Gasteiger partial charge in [0, 0.05) is 22.3 Å². The van der Waals surface area contributed by atoms with E-state index in [4.69, 9.17) is 4.74 Å². The molecule has 2 aromatic heterocycles. The number of urea groups is 1. The molecule has 0 bridgehead atoms. The lowest BCUT2D eigenvalue weighted by Gasteiger charge is -2.40. The first-order valence-corrected chi connectivity index (χ1v) is 13.9. The highest BCUT2D eigenvalue weighted by Gasteiger charge is 2.40. The molecule has 0 unspecified atom stereocenters. The summed E-state index contributed by atoms with van der Waals surface area (Å²) in [6, 6.07) is 4.22. The third-order valence-electron chi connectivity index (χ3n) is 7.92. The first-order valence-electron chi connectivity index (χ1n) is 13.1. The van der Waals surface area contributed by atoms with Crippen LogP contribution in [0.3, 0.4) is 0 Å². The Hall–Kier alpha value is -2.28. The summed E-state index contributed by atoms with van der Waals surface area (Å²) in [6.07, 6.45) is 12.9. The molecule has 34 heavy (non-hydrogen) atoms. The molecular formula is C27H37N3O3S. The zero-order chi connectivity index (χ0) is 23.7. The second-order valence-electron chi connectivity index (χ2n) is 10.1. The Balaban J connectivity index is 1.49. The molecule has 184 valence electrons. The molecule has 5 rings (SSSR count). The molecule has 6 nitrogen and oxygen atoms in total. The zero-order valence-electron chi connectivity index (χ0n) is 20.5. The molecule has 1 N–H and O–H groups in total. The summed E-state index contributed by atoms with van der Waals surface area (Å²) in [7, 11) is 0. The molecule has 0 spiro atoms. The van der Waals surface area contributed by atoms with Gasteiger partial charge in [0.1, 0.15) is 5.00 Å². The van der Waals surface area contributed by atoms with Crippen LogP contribution in [-0.2, 0) is 28.9 Å². The molecule has 3 heterocycles. The average Bonchev–Trinajstić information content (AvgIpc) is 3.41. The first-order chi connectivity index (χ1) is 16.5. The maximum atomic E-state index is 14.0. The van der Waals surface area contributed by atoms with E-state index in [1.165, 1.54) is 39.5 Å². The monoisotopic (exact) mass is 483 g/mol. The highest BCUT2D eigenvalue weighted by Crippen LogP contribution is 2.43. The number of nitrogens with zero attached hydrogens (tertiary/aromatic N) is 2. The number of carbonyl (C=O) groups excluding carboxylic acids is 2. The van der Waals surface area contributed by atoms with Gasteiger partial charge in [-0.25, -0.2) is 4.79 Å². The fraction of sp³-hybridized carbons (Fsp3) is 0.630. The Morgan fingerprint density at radius 2 is 1.91 bits per heavy atom. The standard InChI is InChI=1S/C27H37N3O3S/c1-3-21-22-12-10-16-29(22)25-20(19-11-6-7-13-23(19)34-25)18-30(21)26(32)28-27(14-8-5-9-15-27)17-24(31)33-4-2/h10,12,16,21H,3-9,11,13-15,17-18H2,1-2H3,(H,28,32)/t21-/m0/s1. The van der Waals surface area contributed by atoms with Gasteiger partial charge < -0.3 is 19.5 Å². The molecule has 0 aromatic carbocycles. The molecule has 0 radical (unpaired) electrons. The predicted octanol–water partition coefficient (Wildman–Crippen LogP) is 6.05. The molecule has 1 saturated carbocycles. The highest BCUT2D eigenvalue weighted by atomic mass is 32.1. The largest absolute Gasteiger partial charge is 0.466 e. The lowest BCUT2D eigenvalue weighted by Crippen LogP contribution is -2.55. The number of amides is 2. The van der Waals surface area contributed by atoms with Crippen LogP contribution in [0.2, 0.25) is 0 Å². The number of fused-ring (bicyclic) bond motifs is 5. The number of esters is 1. The van der Waals surface area contributed by atoms with Crippen molar-refractivity contribution in [1.29, 1.82) is 0 Å². The smallest absolute Gasteiger partial charge is 0.318 e. The Morgan fingerprint density at radius 3 is 2.68 bits per heavy atom. The summed E-state index contributed by atoms with van der Waals surface area (Å²) in [4.78, 5) is 30.0. The van der Waals surface area contributed by atoms with Gasteiger partial charge in [0.15, 0.2) is 0 Å². The molecule has 3 aliphatic rings. The van der Waals surface area contributed by atoms with E-state index in [1.54, 1.807) is 0 Å². The fourth-order valence-electron chi connectivity index (χ4n) is 6.27. The van der Waals surface area contributed by atoms with Crippen LogP contribution in [-0.4, -0.2) is 33.6 Å². The molecule has 2 aliphatic carbocycles. The number of nitrogens with one attached hydrogen (secondary N) is 1. The van der Waals surface area contributed by atoms with Crippen molar-refractivity contribution in [3.8, 4) is 5.00 Å². The Kier molecular flexibility index (Phi) is 6.74. The third kappa shape index (κ3) is 4.28. The quantitative estimate of drug-likeness (QED) is 0.527. The number of aryl methyl sites for hydroxylation is 1. The van der Waals surface area contributed by atoms with Crippen LogP contribution in [0.1, 0.15) is 99.4 Å². The SMILES string of the molecule is CCOC(=O)CC1(NC(=O)N2Cc3c(sc4c3CCCC4)-n3cccc3[C@@H]2CC)CCCCC1. The van der Waals surface area contributed by atoms with E-state index < -0.39 is 5.54 Å². The maximum Gasteiger partial charge on any atom is 0.318 e. The molecule has 1 atom stereocenters. The predicted molar refractivity (Wildman–Crippen MR) is 134 cm³/mol. The van der Waals surface area contributed by atoms with Gasteiger partial charge in [0.05, 0.1) is 31.2 Å². The molecule has 1 fully saturated rings. The van der Waals surface area contributed by atoms with Crippen molar-refractivity contribution in [2.24, 2.45) is 0 Å². The van der Waals surface area contributed by atoms with E-state index in [0.29, 0.717) is 13.2 Å². The summed E-state index contributed by atoms with van der Waals surface area (Å²) in [5, 5.41) is 4.68. The van der Waals surface area contributed by atoms with Crippen LogP contribution >= 0.6 is 11.3 Å². The van der Waals surface area contributed by atoms with Crippen molar-refractivity contribution in [1.82, 2.24) is 14.8 Å². The van der Waals surface area contributed by atoms with Gasteiger partial charge in [0.2, 0.25) is 0 Å². The third-order valence-corrected chi connectivity index (χ3v) is 9.26. The van der Waals surface area contributed by atoms with Crippen molar-refractivity contribution < 1.29 is 14.3 Å². The van der Waals surface area contributed by atoms with Gasteiger partial charge in [-0.15, -0.1) is 11.3 Å². The lowest BCUT2D eigenvalue weighted by molar-refractivity contribution is -0.145. The van der Waals surface area contributed by atoms with E-state index in [2.05, 4.69) is 35.1 Å². The van der Waals surface area contributed by atoms with Gasteiger partial charge in [-0.3, -0.25) is 4.79 Å². The minimum Gasteiger partial charge on any atom is -0.466 e. The van der Waals surface area contributed by atoms with Crippen LogP contribution in [0, 0.1) is 0 Å². The van der Waals surface area contributed by atoms with Crippen molar-refractivity contribution in [3.05, 3.63) is 40.0 Å². The van der Waals surface area contributed by atoms with E-state index in [9.17, 15) is 9.59 Å². The Morgan fingerprint density at radius 1 is 1.12 bits per heavy atom. The van der Waals surface area contributed by atoms with E-state index >= 15 is 0 Å². The first kappa shape index (κ1) is 23.5. The van der Waals surface area contributed by atoms with Gasteiger partial charge in [-0.2, -0.15) is 0 Å². The average molecular weight is 484 g/mol. The number of hydrogen-bond donors (Lipinski definition) is 1. The zero-order valence-corrected chi connectivity index (χ0v) is 21.3. The van der Waals surface area contributed by atoms with Crippen LogP contribution in [0.25, 0.3) is 5.00 Å². The molecule has 7 heteroatoms. The minimum atomic E-state index is -0.509. The van der Waals surface area contributed by atoms with Crippen molar-refractivity contribution in [2.75, 3.05) is 6.61 Å². The number of ether oxygens (including phenoxy) is 1. The van der Waals surface area contributed by atoms with Crippen molar-refractivity contribution in [2.45, 2.75) is 103 Å². The minimum absolute atomic E-state index is 0.00271. The van der Waals surface area contributed by atoms with Crippen LogP contribution in [0.4, 0.5) is 4.79 Å². The topological polar surface area (TPSA) is 63.6 Å². The fourth-order valence-corrected chi connectivity index (χ4v) is 7.67. The Bertz CT molecular complexity index is 1050. The highest BCUT2D eigenvalue weighted by molar-refractivity contribution is 7.15. The van der Waals surface area contributed by atoms with Gasteiger partial charge in [-0.05, 0) is 69.6 Å². The number of thiophene rings is 1. The summed E-state index contributed by atoms with van der Waals surface area (Å²) >= 11 is 1.92. The maximum absolute atomic E-state index is 14.0. The molecular weight excluding hydrogens is 446 g/mol. The summed E-state index contributed by atoms with van der Waals surface area (Å²) in [5.74, 6) is -0.212. The molecule has 1 aliphatic heterocycles. The van der Waals surface area contributed by atoms with Crippen molar-refractivity contribution >= 4 is 23.3 Å². The van der Waals surface area contributed by atoms with Gasteiger partial charge in [-0.1, -0.05) is 26.2 Å². The lowest BCUT2D eigenvalue weighted by atomic mass is 9.79. The number of carbonyl (C=O) groups is 2. The summed E-state index contributed by atoms with van der Waals surface area (Å²) < 4.78 is 7.62. The van der Waals surface area contributed by atoms with E-state index in [1.807, 2.05) is 23.2 Å². The summed E-state index contributed by atoms with van der Waals surface area (Å²) in [5.41, 5.74) is 3.47. The van der Waals surface area contributed by atoms with Crippen LogP contribution in [0.15, 0.2) is 18.3 Å². The van der Waals surface area contributed by atoms with Crippen LogP contribution in [0.5, 0.6) is 0 Å². The van der Waals surface area contributed by atoms with E-state index in [0.717, 1.165) is 51.4 Å². The second-order valence-corrected chi connectivity index (χ2v) is 11.2. The number of hydrogen-bond acceptors (Lipinski definition) is 4.